The highest BCUT2D eigenvalue weighted by atomic mass is 32.1. The van der Waals surface area contributed by atoms with Gasteiger partial charge in [0.05, 0.1) is 31.8 Å². The molecule has 9 aromatic carbocycles. The molecule has 0 aliphatic rings. The Morgan fingerprint density at radius 1 is 0.235 bits per heavy atom. The van der Waals surface area contributed by atoms with Crippen LogP contribution < -0.4 is 0 Å². The molecule has 6 heteroatoms. The molecular weight excluding hydrogens is 865 g/mol. The summed E-state index contributed by atoms with van der Waals surface area (Å²) in [7, 11) is 0. The van der Waals surface area contributed by atoms with Gasteiger partial charge in [-0.2, -0.15) is 0 Å². The minimum atomic E-state index is 0.715. The van der Waals surface area contributed by atoms with Crippen molar-refractivity contribution in [1.29, 1.82) is 0 Å². The zero-order valence-electron chi connectivity index (χ0n) is 36.5. The summed E-state index contributed by atoms with van der Waals surface area (Å²) in [6, 6.07) is 81.6. The summed E-state index contributed by atoms with van der Waals surface area (Å²) in [5, 5.41) is 2.29. The number of rotatable bonds is 8. The Kier molecular flexibility index (Phi) is 9.85. The van der Waals surface area contributed by atoms with Crippen LogP contribution in [0.25, 0.3) is 130 Å². The summed E-state index contributed by atoms with van der Waals surface area (Å²) >= 11 is 3.51. The van der Waals surface area contributed by atoms with Gasteiger partial charge in [0.25, 0.3) is 0 Å². The standard InChI is InChI=1S/C62H38N4S2/c1-3-14-39(15-4-1)41-28-32-43(33-29-41)61-63-55(59-57(65-61)51-24-7-9-26-53(51)67-59)49-22-12-20-47(37-49)45-18-11-19-46(36-45)48-21-13-23-50(38-48)56-60-58(52-25-8-10-27-54(52)68-60)66-62(64-56)44-34-30-42(31-35-44)40-16-5-2-6-17-40/h1-38H. The van der Waals surface area contributed by atoms with Crippen molar-refractivity contribution in [1.82, 2.24) is 19.9 Å². The first-order valence-electron chi connectivity index (χ1n) is 22.7. The number of nitrogens with zero attached hydrogens (tertiary/aromatic N) is 4. The minimum Gasteiger partial charge on any atom is -0.226 e. The quantitative estimate of drug-likeness (QED) is 0.152. The first-order chi connectivity index (χ1) is 33.7. The van der Waals surface area contributed by atoms with Crippen LogP contribution >= 0.6 is 22.7 Å². The average Bonchev–Trinajstić information content (AvgIpc) is 4.00. The largest absolute Gasteiger partial charge is 0.226 e. The molecule has 4 aromatic heterocycles. The monoisotopic (exact) mass is 902 g/mol. The lowest BCUT2D eigenvalue weighted by Gasteiger charge is -2.11. The van der Waals surface area contributed by atoms with Crippen molar-refractivity contribution >= 4 is 63.3 Å². The van der Waals surface area contributed by atoms with Crippen LogP contribution in [0.3, 0.4) is 0 Å². The van der Waals surface area contributed by atoms with E-state index in [1.54, 1.807) is 22.7 Å². The van der Waals surface area contributed by atoms with Crippen LogP contribution in [0.2, 0.25) is 0 Å². The number of aromatic nitrogens is 4. The third kappa shape index (κ3) is 7.24. The van der Waals surface area contributed by atoms with Crippen LogP contribution in [0.15, 0.2) is 231 Å². The average molecular weight is 903 g/mol. The molecule has 0 bridgehead atoms. The topological polar surface area (TPSA) is 51.6 Å². The Morgan fingerprint density at radius 3 is 0.956 bits per heavy atom. The molecule has 0 saturated heterocycles. The summed E-state index contributed by atoms with van der Waals surface area (Å²) in [5.41, 5.74) is 17.1. The number of fused-ring (bicyclic) bond motifs is 6. The Morgan fingerprint density at radius 2 is 0.544 bits per heavy atom. The normalized spacial score (nSPS) is 11.5. The van der Waals surface area contributed by atoms with E-state index in [0.717, 1.165) is 98.2 Å². The van der Waals surface area contributed by atoms with Crippen LogP contribution in [0.4, 0.5) is 0 Å². The molecule has 318 valence electrons. The summed E-state index contributed by atoms with van der Waals surface area (Å²) < 4.78 is 4.57. The van der Waals surface area contributed by atoms with Gasteiger partial charge in [0, 0.05) is 42.4 Å². The number of hydrogen-bond acceptors (Lipinski definition) is 6. The Bertz CT molecular complexity index is 3750. The maximum absolute atomic E-state index is 5.34. The van der Waals surface area contributed by atoms with Gasteiger partial charge in [-0.3, -0.25) is 0 Å². The van der Waals surface area contributed by atoms with Crippen molar-refractivity contribution in [2.75, 3.05) is 0 Å². The maximum Gasteiger partial charge on any atom is 0.160 e. The lowest BCUT2D eigenvalue weighted by atomic mass is 9.96. The van der Waals surface area contributed by atoms with E-state index < -0.39 is 0 Å². The zero-order chi connectivity index (χ0) is 45.0. The van der Waals surface area contributed by atoms with E-state index in [1.807, 2.05) is 12.1 Å². The van der Waals surface area contributed by atoms with Crippen molar-refractivity contribution < 1.29 is 0 Å². The predicted molar refractivity (Wildman–Crippen MR) is 287 cm³/mol. The van der Waals surface area contributed by atoms with Gasteiger partial charge in [0.15, 0.2) is 11.6 Å². The molecule has 13 aromatic rings. The SMILES string of the molecule is c1ccc(-c2ccc(-c3nc(-c4cccc(-c5cccc(-c6cccc(-c7nc(-c8ccc(-c9ccccc9)cc8)nc8c7sc7ccccc78)c6)c5)c4)c4sc5ccccc5c4n3)cc2)cc1. The van der Waals surface area contributed by atoms with E-state index in [9.17, 15) is 0 Å². The van der Waals surface area contributed by atoms with E-state index in [4.69, 9.17) is 19.9 Å². The molecule has 0 amide bonds. The predicted octanol–water partition coefficient (Wildman–Crippen LogP) is 17.3. The molecule has 0 unspecified atom stereocenters. The van der Waals surface area contributed by atoms with E-state index >= 15 is 0 Å². The van der Waals surface area contributed by atoms with E-state index in [1.165, 1.54) is 20.5 Å². The van der Waals surface area contributed by atoms with Crippen LogP contribution in [0.5, 0.6) is 0 Å². The van der Waals surface area contributed by atoms with Gasteiger partial charge in [0.1, 0.15) is 0 Å². The van der Waals surface area contributed by atoms with Crippen molar-refractivity contribution in [2.24, 2.45) is 0 Å². The molecular formula is C62H38N4S2. The third-order valence-corrected chi connectivity index (χ3v) is 15.1. The van der Waals surface area contributed by atoms with Gasteiger partial charge in [-0.25, -0.2) is 19.9 Å². The first-order valence-corrected chi connectivity index (χ1v) is 24.3. The maximum atomic E-state index is 5.34. The molecule has 0 aliphatic heterocycles. The fourth-order valence-electron chi connectivity index (χ4n) is 9.29. The van der Waals surface area contributed by atoms with E-state index in [0.29, 0.717) is 11.6 Å². The van der Waals surface area contributed by atoms with Crippen LogP contribution in [-0.4, -0.2) is 19.9 Å². The smallest absolute Gasteiger partial charge is 0.160 e. The van der Waals surface area contributed by atoms with Gasteiger partial charge in [-0.1, -0.05) is 200 Å². The summed E-state index contributed by atoms with van der Waals surface area (Å²) in [6.45, 7) is 0. The minimum absolute atomic E-state index is 0.715. The Hall–Kier alpha value is -8.42. The van der Waals surface area contributed by atoms with Crippen molar-refractivity contribution in [2.45, 2.75) is 0 Å². The van der Waals surface area contributed by atoms with Gasteiger partial charge in [-0.05, 0) is 74.8 Å². The molecule has 0 fully saturated rings. The molecule has 0 spiro atoms. The Labute approximate surface area is 401 Å². The van der Waals surface area contributed by atoms with Crippen molar-refractivity contribution in [3.8, 4) is 89.8 Å². The van der Waals surface area contributed by atoms with Gasteiger partial charge >= 0.3 is 0 Å². The second-order valence-electron chi connectivity index (χ2n) is 17.0. The van der Waals surface area contributed by atoms with Crippen LogP contribution in [-0.2, 0) is 0 Å². The van der Waals surface area contributed by atoms with Crippen molar-refractivity contribution in [3.05, 3.63) is 231 Å². The van der Waals surface area contributed by atoms with Gasteiger partial charge in [0.2, 0.25) is 0 Å². The molecule has 0 saturated carbocycles. The zero-order valence-corrected chi connectivity index (χ0v) is 38.2. The van der Waals surface area contributed by atoms with Crippen LogP contribution in [0, 0.1) is 0 Å². The third-order valence-electron chi connectivity index (χ3n) is 12.7. The fraction of sp³-hybridized carbons (Fsp3) is 0. The molecule has 4 nitrogen and oxygen atoms in total. The highest BCUT2D eigenvalue weighted by molar-refractivity contribution is 7.26. The number of thiophene rings is 2. The molecule has 0 radical (unpaired) electrons. The van der Waals surface area contributed by atoms with Crippen LogP contribution in [0.1, 0.15) is 0 Å². The molecule has 68 heavy (non-hydrogen) atoms. The fourth-order valence-corrected chi connectivity index (χ4v) is 11.6. The molecule has 0 aliphatic carbocycles. The molecule has 0 N–H and O–H groups in total. The second-order valence-corrected chi connectivity index (χ2v) is 19.1. The number of benzene rings is 9. The second kappa shape index (κ2) is 16.8. The highest BCUT2D eigenvalue weighted by Crippen LogP contribution is 2.43. The van der Waals surface area contributed by atoms with Gasteiger partial charge in [-0.15, -0.1) is 22.7 Å². The molecule has 4 heterocycles. The summed E-state index contributed by atoms with van der Waals surface area (Å²) in [6.07, 6.45) is 0. The lowest BCUT2D eigenvalue weighted by Crippen LogP contribution is -1.94. The summed E-state index contributed by atoms with van der Waals surface area (Å²) in [4.78, 5) is 21.1. The van der Waals surface area contributed by atoms with E-state index in [-0.39, 0.29) is 0 Å². The number of hydrogen-bond donors (Lipinski definition) is 0. The summed E-state index contributed by atoms with van der Waals surface area (Å²) in [5.74, 6) is 1.43. The molecule has 0 atom stereocenters. The Balaban J connectivity index is 0.875. The lowest BCUT2D eigenvalue weighted by molar-refractivity contribution is 1.24. The highest BCUT2D eigenvalue weighted by Gasteiger charge is 2.19. The van der Waals surface area contributed by atoms with E-state index in [2.05, 4.69) is 218 Å². The first kappa shape index (κ1) is 39.9. The van der Waals surface area contributed by atoms with Crippen molar-refractivity contribution in [3.63, 3.8) is 0 Å². The van der Waals surface area contributed by atoms with Gasteiger partial charge < -0.3 is 0 Å². The molecule has 13 rings (SSSR count).